The number of fused-ring (bicyclic) bond motifs is 1. The summed E-state index contributed by atoms with van der Waals surface area (Å²) in [5.74, 6) is -0.528. The average molecular weight is 356 g/mol. The number of aromatic nitrogens is 2. The van der Waals surface area contributed by atoms with Gasteiger partial charge in [-0.1, -0.05) is 18.2 Å². The summed E-state index contributed by atoms with van der Waals surface area (Å²) in [5.41, 5.74) is -0.214. The molecule has 0 aliphatic carbocycles. The van der Waals surface area contributed by atoms with Crippen LogP contribution in [-0.4, -0.2) is 45.6 Å². The maximum Gasteiger partial charge on any atom is 0.275 e. The van der Waals surface area contributed by atoms with Crippen LogP contribution in [0.4, 0.5) is 0 Å². The fourth-order valence-corrected chi connectivity index (χ4v) is 3.75. The highest BCUT2D eigenvalue weighted by Crippen LogP contribution is 2.23. The number of hydrogen-bond acceptors (Lipinski definition) is 4. The number of hydrogen-bond donors (Lipinski definition) is 1. The summed E-state index contributed by atoms with van der Waals surface area (Å²) in [7, 11) is 1.51. The normalized spacial score (nSPS) is 20.2. The van der Waals surface area contributed by atoms with Gasteiger partial charge in [-0.05, 0) is 39.2 Å². The van der Waals surface area contributed by atoms with E-state index in [2.05, 4.69) is 10.4 Å². The first kappa shape index (κ1) is 18.1. The lowest BCUT2D eigenvalue weighted by molar-refractivity contribution is -0.138. The summed E-state index contributed by atoms with van der Waals surface area (Å²) in [6.45, 7) is 3.89. The maximum absolute atomic E-state index is 12.9. The molecule has 1 aromatic carbocycles. The van der Waals surface area contributed by atoms with Gasteiger partial charge in [0.2, 0.25) is 5.91 Å². The molecule has 7 heteroatoms. The average Bonchev–Trinajstić information content (AvgIpc) is 2.63. The summed E-state index contributed by atoms with van der Waals surface area (Å²) in [6, 6.07) is 7.11. The van der Waals surface area contributed by atoms with Crippen molar-refractivity contribution in [2.24, 2.45) is 0 Å². The molecule has 7 nitrogen and oxygen atoms in total. The molecular weight excluding hydrogens is 332 g/mol. The van der Waals surface area contributed by atoms with Gasteiger partial charge in [0, 0.05) is 24.5 Å². The Morgan fingerprint density at radius 1 is 1.15 bits per heavy atom. The highest BCUT2D eigenvalue weighted by molar-refractivity contribution is 6.04. The lowest BCUT2D eigenvalue weighted by Crippen LogP contribution is -2.49. The van der Waals surface area contributed by atoms with Crippen molar-refractivity contribution in [2.75, 3.05) is 7.05 Å². The Bertz CT molecular complexity index is 895. The van der Waals surface area contributed by atoms with Crippen LogP contribution >= 0.6 is 0 Å². The standard InChI is InChI=1S/C19H24N4O3/c1-12-7-6-8-13(2)23(12)16(24)11-22-19(26)15-10-5-4-9-14(15)17(21-22)18(25)20-3/h4-5,9-10,12-13H,6-8,11H2,1-3H3,(H,20,25). The minimum Gasteiger partial charge on any atom is -0.354 e. The van der Waals surface area contributed by atoms with E-state index in [0.717, 1.165) is 23.9 Å². The number of benzene rings is 1. The fourth-order valence-electron chi connectivity index (χ4n) is 3.75. The monoisotopic (exact) mass is 356 g/mol. The summed E-state index contributed by atoms with van der Waals surface area (Å²) in [4.78, 5) is 39.7. The SMILES string of the molecule is CNC(=O)c1nn(CC(=O)N2C(C)CCCC2C)c(=O)c2ccccc12. The van der Waals surface area contributed by atoms with Crippen LogP contribution in [0.3, 0.4) is 0 Å². The number of rotatable bonds is 3. The number of likely N-dealkylation sites (tertiary alicyclic amines) is 1. The van der Waals surface area contributed by atoms with Crippen LogP contribution < -0.4 is 10.9 Å². The van der Waals surface area contributed by atoms with Crippen molar-refractivity contribution in [3.05, 3.63) is 40.3 Å². The second-order valence-electron chi connectivity index (χ2n) is 6.87. The van der Waals surface area contributed by atoms with Gasteiger partial charge in [-0.15, -0.1) is 0 Å². The minimum atomic E-state index is -0.387. The van der Waals surface area contributed by atoms with E-state index in [1.54, 1.807) is 24.3 Å². The van der Waals surface area contributed by atoms with Gasteiger partial charge in [0.15, 0.2) is 5.69 Å². The lowest BCUT2D eigenvalue weighted by Gasteiger charge is -2.39. The first-order valence-corrected chi connectivity index (χ1v) is 8.97. The Morgan fingerprint density at radius 3 is 2.38 bits per heavy atom. The van der Waals surface area contributed by atoms with E-state index in [9.17, 15) is 14.4 Å². The molecule has 2 amide bonds. The number of nitrogens with zero attached hydrogens (tertiary/aromatic N) is 3. The van der Waals surface area contributed by atoms with Crippen molar-refractivity contribution < 1.29 is 9.59 Å². The molecule has 0 saturated carbocycles. The third-order valence-corrected chi connectivity index (χ3v) is 5.08. The van der Waals surface area contributed by atoms with Gasteiger partial charge in [0.05, 0.1) is 5.39 Å². The van der Waals surface area contributed by atoms with Gasteiger partial charge < -0.3 is 10.2 Å². The van der Waals surface area contributed by atoms with Crippen molar-refractivity contribution in [2.45, 2.75) is 51.7 Å². The van der Waals surface area contributed by atoms with Crippen LogP contribution in [-0.2, 0) is 11.3 Å². The van der Waals surface area contributed by atoms with E-state index in [0.29, 0.717) is 10.8 Å². The van der Waals surface area contributed by atoms with Gasteiger partial charge in [0.1, 0.15) is 6.54 Å². The summed E-state index contributed by atoms with van der Waals surface area (Å²) < 4.78 is 1.11. The Morgan fingerprint density at radius 2 is 1.77 bits per heavy atom. The number of piperidine rings is 1. The first-order chi connectivity index (χ1) is 12.4. The quantitative estimate of drug-likeness (QED) is 0.904. The fraction of sp³-hybridized carbons (Fsp3) is 0.474. The Kier molecular flexibility index (Phi) is 5.06. The number of carbonyl (C=O) groups is 2. The van der Waals surface area contributed by atoms with Gasteiger partial charge in [-0.2, -0.15) is 5.10 Å². The largest absolute Gasteiger partial charge is 0.354 e. The molecule has 1 saturated heterocycles. The molecule has 0 bridgehead atoms. The van der Waals surface area contributed by atoms with Crippen LogP contribution in [0.1, 0.15) is 43.6 Å². The van der Waals surface area contributed by atoms with Gasteiger partial charge >= 0.3 is 0 Å². The molecule has 1 fully saturated rings. The molecule has 2 atom stereocenters. The maximum atomic E-state index is 12.9. The zero-order valence-corrected chi connectivity index (χ0v) is 15.4. The Hall–Kier alpha value is -2.70. The molecule has 2 aromatic rings. The number of carbonyl (C=O) groups excluding carboxylic acids is 2. The van der Waals surface area contributed by atoms with Crippen molar-refractivity contribution in [1.82, 2.24) is 20.0 Å². The molecule has 2 heterocycles. The third-order valence-electron chi connectivity index (χ3n) is 5.08. The van der Waals surface area contributed by atoms with Crippen molar-refractivity contribution in [3.8, 4) is 0 Å². The topological polar surface area (TPSA) is 84.3 Å². The van der Waals surface area contributed by atoms with Crippen LogP contribution in [0.2, 0.25) is 0 Å². The van der Waals surface area contributed by atoms with E-state index >= 15 is 0 Å². The Balaban J connectivity index is 2.02. The van der Waals surface area contributed by atoms with Gasteiger partial charge in [-0.25, -0.2) is 4.68 Å². The predicted octanol–water partition coefficient (Wildman–Crippen LogP) is 1.55. The van der Waals surface area contributed by atoms with Gasteiger partial charge in [-0.3, -0.25) is 14.4 Å². The van der Waals surface area contributed by atoms with Crippen molar-refractivity contribution in [1.29, 1.82) is 0 Å². The summed E-state index contributed by atoms with van der Waals surface area (Å²) in [5, 5.41) is 7.61. The second-order valence-corrected chi connectivity index (χ2v) is 6.87. The summed E-state index contributed by atoms with van der Waals surface area (Å²) in [6.07, 6.45) is 3.01. The molecular formula is C19H24N4O3. The molecule has 26 heavy (non-hydrogen) atoms. The van der Waals surface area contributed by atoms with Crippen LogP contribution in [0.25, 0.3) is 10.8 Å². The third kappa shape index (κ3) is 3.21. The second kappa shape index (κ2) is 7.27. The molecule has 3 rings (SSSR count). The molecule has 2 unspecified atom stereocenters. The predicted molar refractivity (Wildman–Crippen MR) is 99.0 cm³/mol. The zero-order chi connectivity index (χ0) is 18.8. The molecule has 1 aliphatic heterocycles. The zero-order valence-electron chi connectivity index (χ0n) is 15.4. The van der Waals surface area contributed by atoms with E-state index in [1.165, 1.54) is 7.05 Å². The first-order valence-electron chi connectivity index (χ1n) is 8.97. The molecule has 1 N–H and O–H groups in total. The number of amides is 2. The van der Waals surface area contributed by atoms with E-state index in [-0.39, 0.29) is 41.7 Å². The molecule has 0 spiro atoms. The number of nitrogens with one attached hydrogen (secondary N) is 1. The Labute approximate surface area is 152 Å². The van der Waals surface area contributed by atoms with Gasteiger partial charge in [0.25, 0.3) is 11.5 Å². The molecule has 1 aromatic heterocycles. The van der Waals surface area contributed by atoms with Crippen LogP contribution in [0.5, 0.6) is 0 Å². The van der Waals surface area contributed by atoms with Crippen LogP contribution in [0, 0.1) is 0 Å². The minimum absolute atomic E-state index is 0.140. The van der Waals surface area contributed by atoms with E-state index in [4.69, 9.17) is 0 Å². The van der Waals surface area contributed by atoms with E-state index in [1.807, 2.05) is 18.7 Å². The molecule has 1 aliphatic rings. The molecule has 138 valence electrons. The summed E-state index contributed by atoms with van der Waals surface area (Å²) >= 11 is 0. The highest BCUT2D eigenvalue weighted by atomic mass is 16.2. The van der Waals surface area contributed by atoms with Crippen LogP contribution in [0.15, 0.2) is 29.1 Å². The smallest absolute Gasteiger partial charge is 0.275 e. The van der Waals surface area contributed by atoms with Crippen molar-refractivity contribution >= 4 is 22.6 Å². The highest BCUT2D eigenvalue weighted by Gasteiger charge is 2.29. The van der Waals surface area contributed by atoms with E-state index < -0.39 is 0 Å². The van der Waals surface area contributed by atoms with Crippen molar-refractivity contribution in [3.63, 3.8) is 0 Å². The lowest BCUT2D eigenvalue weighted by atomic mass is 9.97. The molecule has 0 radical (unpaired) electrons.